The molecule has 1 aromatic carbocycles. The second kappa shape index (κ2) is 3.42. The number of para-hydroxylation sites is 1. The number of aromatic nitrogens is 1. The number of fused-ring (bicyclic) bond motifs is 1. The van der Waals surface area contributed by atoms with Crippen molar-refractivity contribution in [2.24, 2.45) is 0 Å². The molecule has 0 saturated carbocycles. The second-order valence-electron chi connectivity index (χ2n) is 2.99. The topological polar surface area (TPSA) is 30.0 Å². The van der Waals surface area contributed by atoms with E-state index >= 15 is 0 Å². The van der Waals surface area contributed by atoms with Gasteiger partial charge in [-0.25, -0.2) is 0 Å². The zero-order valence-corrected chi connectivity index (χ0v) is 7.60. The van der Waals surface area contributed by atoms with Gasteiger partial charge in [-0.15, -0.1) is 0 Å². The van der Waals surface area contributed by atoms with Crippen molar-refractivity contribution in [3.05, 3.63) is 54.7 Å². The highest BCUT2D eigenvalue weighted by atomic mass is 16.1. The average Bonchev–Trinajstić information content (AvgIpc) is 2.27. The van der Waals surface area contributed by atoms with Crippen LogP contribution in [0.1, 0.15) is 10.4 Å². The van der Waals surface area contributed by atoms with Crippen molar-refractivity contribution in [1.82, 2.24) is 4.98 Å². The highest BCUT2D eigenvalue weighted by molar-refractivity contribution is 6.05. The van der Waals surface area contributed by atoms with Gasteiger partial charge in [0, 0.05) is 17.1 Å². The molecule has 1 aromatic heterocycles. The fourth-order valence-electron chi connectivity index (χ4n) is 1.32. The number of benzene rings is 1. The number of ketones is 1. The van der Waals surface area contributed by atoms with Gasteiger partial charge in [-0.3, -0.25) is 9.78 Å². The Morgan fingerprint density at radius 3 is 2.93 bits per heavy atom. The predicted molar refractivity (Wildman–Crippen MR) is 56.3 cm³/mol. The van der Waals surface area contributed by atoms with Gasteiger partial charge in [0.1, 0.15) is 0 Å². The van der Waals surface area contributed by atoms with Gasteiger partial charge < -0.3 is 0 Å². The first kappa shape index (κ1) is 8.63. The largest absolute Gasteiger partial charge is 0.289 e. The summed E-state index contributed by atoms with van der Waals surface area (Å²) in [5.41, 5.74) is 1.48. The molecule has 0 aliphatic heterocycles. The highest BCUT2D eigenvalue weighted by Gasteiger charge is 2.02. The standard InChI is InChI=1S/C12H9NO/c1-2-12(14)10-7-9-5-3-4-6-11(9)13-8-10/h2-8H,1H2. The SMILES string of the molecule is C=CC(=O)c1cnc2ccccc2c1. The van der Waals surface area contributed by atoms with Gasteiger partial charge in [0.25, 0.3) is 0 Å². The van der Waals surface area contributed by atoms with Gasteiger partial charge in [-0.05, 0) is 18.2 Å². The zero-order valence-electron chi connectivity index (χ0n) is 7.60. The lowest BCUT2D eigenvalue weighted by molar-refractivity contribution is 0.104. The van der Waals surface area contributed by atoms with Gasteiger partial charge in [0.15, 0.2) is 5.78 Å². The summed E-state index contributed by atoms with van der Waals surface area (Å²) in [4.78, 5) is 15.5. The van der Waals surface area contributed by atoms with Crippen LogP contribution in [0.5, 0.6) is 0 Å². The number of carbonyl (C=O) groups is 1. The molecule has 0 aliphatic rings. The van der Waals surface area contributed by atoms with Gasteiger partial charge in [-0.1, -0.05) is 24.8 Å². The first-order valence-corrected chi connectivity index (χ1v) is 4.33. The number of allylic oxidation sites excluding steroid dienone is 1. The summed E-state index contributed by atoms with van der Waals surface area (Å²) in [6.45, 7) is 3.44. The van der Waals surface area contributed by atoms with Crippen molar-refractivity contribution in [2.75, 3.05) is 0 Å². The van der Waals surface area contributed by atoms with Crippen LogP contribution >= 0.6 is 0 Å². The smallest absolute Gasteiger partial charge is 0.186 e. The minimum Gasteiger partial charge on any atom is -0.289 e. The lowest BCUT2D eigenvalue weighted by Gasteiger charge is -1.98. The number of pyridine rings is 1. The van der Waals surface area contributed by atoms with Crippen LogP contribution in [0, 0.1) is 0 Å². The van der Waals surface area contributed by atoms with E-state index in [9.17, 15) is 4.79 Å². The lowest BCUT2D eigenvalue weighted by Crippen LogP contribution is -1.94. The molecule has 2 rings (SSSR count). The third-order valence-electron chi connectivity index (χ3n) is 2.06. The zero-order chi connectivity index (χ0) is 9.97. The Morgan fingerprint density at radius 2 is 2.14 bits per heavy atom. The molecule has 0 radical (unpaired) electrons. The molecule has 14 heavy (non-hydrogen) atoms. The molecule has 68 valence electrons. The quantitative estimate of drug-likeness (QED) is 0.529. The summed E-state index contributed by atoms with van der Waals surface area (Å²) in [6, 6.07) is 9.52. The van der Waals surface area contributed by atoms with Crippen molar-refractivity contribution in [2.45, 2.75) is 0 Å². The van der Waals surface area contributed by atoms with Crippen molar-refractivity contribution in [3.63, 3.8) is 0 Å². The Balaban J connectivity index is 2.62. The number of hydrogen-bond acceptors (Lipinski definition) is 2. The molecule has 0 aliphatic carbocycles. The van der Waals surface area contributed by atoms with E-state index in [4.69, 9.17) is 0 Å². The van der Waals surface area contributed by atoms with Crippen LogP contribution < -0.4 is 0 Å². The fourth-order valence-corrected chi connectivity index (χ4v) is 1.32. The molecular formula is C12H9NO. The Hall–Kier alpha value is -1.96. The van der Waals surface area contributed by atoms with E-state index in [-0.39, 0.29) is 5.78 Å². The molecule has 0 amide bonds. The van der Waals surface area contributed by atoms with Crippen molar-refractivity contribution < 1.29 is 4.79 Å². The van der Waals surface area contributed by atoms with Gasteiger partial charge in [0.2, 0.25) is 0 Å². The molecule has 0 bridgehead atoms. The minimum absolute atomic E-state index is 0.0942. The monoisotopic (exact) mass is 183 g/mol. The van der Waals surface area contributed by atoms with Crippen LogP contribution in [0.15, 0.2) is 49.2 Å². The summed E-state index contributed by atoms with van der Waals surface area (Å²) in [6.07, 6.45) is 2.87. The first-order chi connectivity index (χ1) is 6.81. The molecule has 0 spiro atoms. The van der Waals surface area contributed by atoms with Crippen LogP contribution in [0.25, 0.3) is 10.9 Å². The second-order valence-corrected chi connectivity index (χ2v) is 2.99. The summed E-state index contributed by atoms with van der Waals surface area (Å²) < 4.78 is 0. The number of rotatable bonds is 2. The Labute approximate surface area is 81.9 Å². The number of hydrogen-bond donors (Lipinski definition) is 0. The maximum absolute atomic E-state index is 11.3. The summed E-state index contributed by atoms with van der Waals surface area (Å²) in [5, 5.41) is 0.972. The van der Waals surface area contributed by atoms with Crippen LogP contribution in [0.4, 0.5) is 0 Å². The van der Waals surface area contributed by atoms with Gasteiger partial charge >= 0.3 is 0 Å². The van der Waals surface area contributed by atoms with Crippen LogP contribution in [-0.2, 0) is 0 Å². The molecule has 2 aromatic rings. The van der Waals surface area contributed by atoms with Crippen LogP contribution in [-0.4, -0.2) is 10.8 Å². The fraction of sp³-hybridized carbons (Fsp3) is 0. The van der Waals surface area contributed by atoms with Crippen LogP contribution in [0.2, 0.25) is 0 Å². The average molecular weight is 183 g/mol. The van der Waals surface area contributed by atoms with E-state index in [1.165, 1.54) is 6.08 Å². The van der Waals surface area contributed by atoms with E-state index in [2.05, 4.69) is 11.6 Å². The summed E-state index contributed by atoms with van der Waals surface area (Å²) in [7, 11) is 0. The van der Waals surface area contributed by atoms with Crippen molar-refractivity contribution >= 4 is 16.7 Å². The molecule has 2 nitrogen and oxygen atoms in total. The van der Waals surface area contributed by atoms with Crippen molar-refractivity contribution in [3.8, 4) is 0 Å². The molecule has 2 heteroatoms. The van der Waals surface area contributed by atoms with Crippen molar-refractivity contribution in [1.29, 1.82) is 0 Å². The molecule has 0 unspecified atom stereocenters. The molecule has 1 heterocycles. The first-order valence-electron chi connectivity index (χ1n) is 4.33. The Bertz CT molecular complexity index is 502. The molecular weight excluding hydrogens is 174 g/mol. The van der Waals surface area contributed by atoms with E-state index in [1.54, 1.807) is 6.20 Å². The minimum atomic E-state index is -0.0942. The van der Waals surface area contributed by atoms with E-state index < -0.39 is 0 Å². The number of nitrogens with zero attached hydrogens (tertiary/aromatic N) is 1. The molecule has 0 saturated heterocycles. The third kappa shape index (κ3) is 1.42. The Morgan fingerprint density at radius 1 is 1.36 bits per heavy atom. The van der Waals surface area contributed by atoms with E-state index in [0.717, 1.165) is 10.9 Å². The highest BCUT2D eigenvalue weighted by Crippen LogP contribution is 2.12. The third-order valence-corrected chi connectivity index (χ3v) is 2.06. The summed E-state index contributed by atoms with van der Waals surface area (Å²) >= 11 is 0. The predicted octanol–water partition coefficient (Wildman–Crippen LogP) is 2.60. The molecule has 0 fully saturated rings. The van der Waals surface area contributed by atoms with E-state index in [1.807, 2.05) is 30.3 Å². The van der Waals surface area contributed by atoms with Gasteiger partial charge in [0.05, 0.1) is 5.52 Å². The Kier molecular flexibility index (Phi) is 2.11. The number of carbonyl (C=O) groups excluding carboxylic acids is 1. The molecule has 0 N–H and O–H groups in total. The maximum atomic E-state index is 11.3. The lowest BCUT2D eigenvalue weighted by atomic mass is 10.1. The van der Waals surface area contributed by atoms with Gasteiger partial charge in [-0.2, -0.15) is 0 Å². The summed E-state index contributed by atoms with van der Waals surface area (Å²) in [5.74, 6) is -0.0942. The van der Waals surface area contributed by atoms with Crippen LogP contribution in [0.3, 0.4) is 0 Å². The normalized spacial score (nSPS) is 10.0. The maximum Gasteiger partial charge on any atom is 0.186 e. The van der Waals surface area contributed by atoms with E-state index in [0.29, 0.717) is 5.56 Å². The molecule has 0 atom stereocenters.